The second-order valence-corrected chi connectivity index (χ2v) is 5.74. The number of para-hydroxylation sites is 1. The molecule has 0 aliphatic heterocycles. The molecule has 0 saturated heterocycles. The Morgan fingerprint density at radius 1 is 1.41 bits per heavy atom. The van der Waals surface area contributed by atoms with Crippen LogP contribution in [-0.2, 0) is 4.79 Å². The number of benzene rings is 1. The van der Waals surface area contributed by atoms with Gasteiger partial charge in [-0.15, -0.1) is 0 Å². The maximum absolute atomic E-state index is 12.3. The van der Waals surface area contributed by atoms with Crippen LogP contribution in [0.3, 0.4) is 0 Å². The molecule has 1 heterocycles. The zero-order valence-corrected chi connectivity index (χ0v) is 13.0. The van der Waals surface area contributed by atoms with Crippen LogP contribution in [0.5, 0.6) is 5.75 Å². The maximum Gasteiger partial charge on any atom is 0.224 e. The van der Waals surface area contributed by atoms with E-state index in [9.17, 15) is 4.79 Å². The summed E-state index contributed by atoms with van der Waals surface area (Å²) in [5, 5.41) is 4.04. The first-order valence-electron chi connectivity index (χ1n) is 7.71. The first kappa shape index (κ1) is 14.7. The van der Waals surface area contributed by atoms with E-state index in [4.69, 9.17) is 9.15 Å². The molecule has 2 aromatic rings. The van der Waals surface area contributed by atoms with Crippen LogP contribution < -0.4 is 10.1 Å². The summed E-state index contributed by atoms with van der Waals surface area (Å²) in [7, 11) is 1.62. The van der Waals surface area contributed by atoms with E-state index in [1.54, 1.807) is 7.11 Å². The Labute approximate surface area is 130 Å². The van der Waals surface area contributed by atoms with Gasteiger partial charge in [-0.2, -0.15) is 0 Å². The molecule has 22 heavy (non-hydrogen) atoms. The molecule has 4 nitrogen and oxygen atoms in total. The number of carbonyl (C=O) groups excluding carboxylic acids is 1. The number of furan rings is 1. The number of nitrogens with one attached hydrogen (secondary N) is 1. The Balaban J connectivity index is 1.75. The van der Waals surface area contributed by atoms with Crippen molar-refractivity contribution in [1.82, 2.24) is 5.32 Å². The number of allylic oxidation sites excluding steroid dienone is 2. The van der Waals surface area contributed by atoms with E-state index in [-0.39, 0.29) is 17.9 Å². The number of amides is 1. The number of hydrogen-bond donors (Lipinski definition) is 1. The number of methoxy groups -OCH3 is 1. The quantitative estimate of drug-likeness (QED) is 0.869. The lowest BCUT2D eigenvalue weighted by Crippen LogP contribution is -2.33. The molecule has 116 valence electrons. The molecule has 1 aliphatic carbocycles. The van der Waals surface area contributed by atoms with Crippen LogP contribution in [0.2, 0.25) is 0 Å². The van der Waals surface area contributed by atoms with E-state index in [1.165, 1.54) is 0 Å². The smallest absolute Gasteiger partial charge is 0.224 e. The highest BCUT2D eigenvalue weighted by Gasteiger charge is 2.22. The summed E-state index contributed by atoms with van der Waals surface area (Å²) in [6, 6.07) is 7.58. The highest BCUT2D eigenvalue weighted by atomic mass is 16.5. The predicted molar refractivity (Wildman–Crippen MR) is 85.8 cm³/mol. The van der Waals surface area contributed by atoms with E-state index >= 15 is 0 Å². The molecule has 1 aromatic heterocycles. The molecule has 0 radical (unpaired) electrons. The standard InChI is InChI=1S/C18H21NO3/c1-12(19-18(20)13-7-4-3-5-8-13)16-11-14-9-6-10-15(21-2)17(14)22-16/h3-4,6,9-13H,5,7-8H2,1-2H3,(H,19,20)/t12-,13+/m0/s1. The molecule has 1 aliphatic rings. The number of hydrogen-bond acceptors (Lipinski definition) is 3. The fourth-order valence-electron chi connectivity index (χ4n) is 2.86. The van der Waals surface area contributed by atoms with Crippen molar-refractivity contribution in [1.29, 1.82) is 0 Å². The van der Waals surface area contributed by atoms with Crippen molar-refractivity contribution in [2.45, 2.75) is 32.2 Å². The third-order valence-electron chi connectivity index (χ3n) is 4.17. The van der Waals surface area contributed by atoms with Crippen molar-refractivity contribution in [3.63, 3.8) is 0 Å². The molecule has 3 rings (SSSR count). The normalized spacial score (nSPS) is 19.1. The van der Waals surface area contributed by atoms with E-state index in [0.29, 0.717) is 5.75 Å². The van der Waals surface area contributed by atoms with Crippen LogP contribution in [-0.4, -0.2) is 13.0 Å². The summed E-state index contributed by atoms with van der Waals surface area (Å²) in [5.41, 5.74) is 0.724. The van der Waals surface area contributed by atoms with Gasteiger partial charge in [0.2, 0.25) is 5.91 Å². The fraction of sp³-hybridized carbons (Fsp3) is 0.389. The van der Waals surface area contributed by atoms with Gasteiger partial charge in [0.05, 0.1) is 13.2 Å². The Morgan fingerprint density at radius 2 is 2.27 bits per heavy atom. The van der Waals surface area contributed by atoms with Gasteiger partial charge < -0.3 is 14.5 Å². The van der Waals surface area contributed by atoms with E-state index < -0.39 is 0 Å². The number of rotatable bonds is 4. The van der Waals surface area contributed by atoms with Crippen molar-refractivity contribution >= 4 is 16.9 Å². The lowest BCUT2D eigenvalue weighted by molar-refractivity contribution is -0.126. The van der Waals surface area contributed by atoms with Gasteiger partial charge >= 0.3 is 0 Å². The van der Waals surface area contributed by atoms with Gasteiger partial charge in [0.25, 0.3) is 0 Å². The molecule has 1 aromatic carbocycles. The Hall–Kier alpha value is -2.23. The predicted octanol–water partition coefficient (Wildman–Crippen LogP) is 3.97. The van der Waals surface area contributed by atoms with Gasteiger partial charge in [-0.25, -0.2) is 0 Å². The third-order valence-corrected chi connectivity index (χ3v) is 4.17. The summed E-state index contributed by atoms with van der Waals surface area (Å²) in [6.07, 6.45) is 6.95. The lowest BCUT2D eigenvalue weighted by atomic mass is 9.93. The highest BCUT2D eigenvalue weighted by Crippen LogP contribution is 2.31. The first-order chi connectivity index (χ1) is 10.7. The third kappa shape index (κ3) is 2.86. The number of carbonyl (C=O) groups is 1. The maximum atomic E-state index is 12.3. The largest absolute Gasteiger partial charge is 0.493 e. The zero-order chi connectivity index (χ0) is 15.5. The number of ether oxygens (including phenoxy) is 1. The van der Waals surface area contributed by atoms with Crippen molar-refractivity contribution in [2.75, 3.05) is 7.11 Å². The Bertz CT molecular complexity index is 701. The number of fused-ring (bicyclic) bond motifs is 1. The van der Waals surface area contributed by atoms with Crippen molar-refractivity contribution in [2.24, 2.45) is 5.92 Å². The van der Waals surface area contributed by atoms with Crippen LogP contribution in [0.15, 0.2) is 40.8 Å². The average molecular weight is 299 g/mol. The summed E-state index contributed by atoms with van der Waals surface area (Å²) in [6.45, 7) is 1.95. The van der Waals surface area contributed by atoms with Crippen molar-refractivity contribution in [3.8, 4) is 5.75 Å². The summed E-state index contributed by atoms with van der Waals surface area (Å²) >= 11 is 0. The van der Waals surface area contributed by atoms with E-state index in [2.05, 4.69) is 17.5 Å². The van der Waals surface area contributed by atoms with Crippen molar-refractivity contribution in [3.05, 3.63) is 42.2 Å². The van der Waals surface area contributed by atoms with Crippen molar-refractivity contribution < 1.29 is 13.9 Å². The molecule has 1 N–H and O–H groups in total. The van der Waals surface area contributed by atoms with E-state index in [1.807, 2.05) is 31.2 Å². The van der Waals surface area contributed by atoms with E-state index in [0.717, 1.165) is 36.0 Å². The van der Waals surface area contributed by atoms with Crippen LogP contribution in [0.25, 0.3) is 11.0 Å². The molecule has 2 atom stereocenters. The molecule has 1 amide bonds. The van der Waals surface area contributed by atoms with Crippen LogP contribution in [0.4, 0.5) is 0 Å². The topological polar surface area (TPSA) is 51.5 Å². The molecule has 0 fully saturated rings. The molecule has 4 heteroatoms. The van der Waals surface area contributed by atoms with Crippen LogP contribution in [0, 0.1) is 5.92 Å². The summed E-state index contributed by atoms with van der Waals surface area (Å²) < 4.78 is 11.2. The minimum Gasteiger partial charge on any atom is -0.493 e. The monoisotopic (exact) mass is 299 g/mol. The second kappa shape index (κ2) is 6.26. The molecule has 0 spiro atoms. The van der Waals surface area contributed by atoms with Gasteiger partial charge in [0.15, 0.2) is 11.3 Å². The van der Waals surface area contributed by atoms with Gasteiger partial charge in [-0.1, -0.05) is 24.3 Å². The zero-order valence-electron chi connectivity index (χ0n) is 13.0. The van der Waals surface area contributed by atoms with Gasteiger partial charge in [-0.05, 0) is 38.3 Å². The minimum absolute atomic E-state index is 0.0753. The second-order valence-electron chi connectivity index (χ2n) is 5.74. The average Bonchev–Trinajstić information content (AvgIpc) is 2.99. The summed E-state index contributed by atoms with van der Waals surface area (Å²) in [5.74, 6) is 1.63. The fourth-order valence-corrected chi connectivity index (χ4v) is 2.86. The SMILES string of the molecule is COc1cccc2cc([C@H](C)NC(=O)[C@@H]3CC=CCC3)oc12. The molecule has 0 saturated carbocycles. The molecule has 0 unspecified atom stereocenters. The first-order valence-corrected chi connectivity index (χ1v) is 7.71. The van der Waals surface area contributed by atoms with Gasteiger partial charge in [0, 0.05) is 11.3 Å². The molecule has 0 bridgehead atoms. The highest BCUT2D eigenvalue weighted by molar-refractivity contribution is 5.84. The molecular weight excluding hydrogens is 278 g/mol. The van der Waals surface area contributed by atoms with Crippen LogP contribution >= 0.6 is 0 Å². The van der Waals surface area contributed by atoms with Gasteiger partial charge in [0.1, 0.15) is 5.76 Å². The Kier molecular flexibility index (Phi) is 4.18. The minimum atomic E-state index is -0.157. The van der Waals surface area contributed by atoms with Crippen LogP contribution in [0.1, 0.15) is 38.0 Å². The lowest BCUT2D eigenvalue weighted by Gasteiger charge is -2.19. The Morgan fingerprint density at radius 3 is 3.00 bits per heavy atom. The van der Waals surface area contributed by atoms with Gasteiger partial charge in [-0.3, -0.25) is 4.79 Å². The summed E-state index contributed by atoms with van der Waals surface area (Å²) in [4.78, 5) is 12.3. The molecular formula is C18H21NO3.